The smallest absolute Gasteiger partial charge is 0.307 e. The molecule has 0 aromatic rings. The summed E-state index contributed by atoms with van der Waals surface area (Å²) in [5.41, 5.74) is 0.271. The minimum atomic E-state index is -0.760. The average molecular weight is 201 g/mol. The van der Waals surface area contributed by atoms with E-state index in [0.29, 0.717) is 6.54 Å². The van der Waals surface area contributed by atoms with Crippen LogP contribution in [-0.2, 0) is 4.79 Å². The van der Waals surface area contributed by atoms with E-state index in [1.165, 1.54) is 0 Å². The summed E-state index contributed by atoms with van der Waals surface area (Å²) in [6.07, 6.45) is 3.14. The van der Waals surface area contributed by atoms with E-state index < -0.39 is 5.97 Å². The van der Waals surface area contributed by atoms with E-state index in [1.54, 1.807) is 6.92 Å². The molecule has 1 rings (SSSR count). The van der Waals surface area contributed by atoms with Crippen LogP contribution in [0.4, 0.5) is 0 Å². The van der Waals surface area contributed by atoms with Gasteiger partial charge in [0.1, 0.15) is 0 Å². The van der Waals surface area contributed by atoms with E-state index in [4.69, 9.17) is 10.2 Å². The van der Waals surface area contributed by atoms with Crippen molar-refractivity contribution in [3.05, 3.63) is 0 Å². The fourth-order valence-corrected chi connectivity index (χ4v) is 1.57. The summed E-state index contributed by atoms with van der Waals surface area (Å²) in [6.45, 7) is 3.28. The summed E-state index contributed by atoms with van der Waals surface area (Å²) in [4.78, 5) is 10.5. The van der Waals surface area contributed by atoms with Crippen LogP contribution in [0.3, 0.4) is 0 Å². The maximum absolute atomic E-state index is 10.5. The molecule has 0 heterocycles. The maximum Gasteiger partial charge on any atom is 0.307 e. The SMILES string of the molecule is CC(CNCC1(CCO)CC1)C(=O)O. The molecule has 4 nitrogen and oxygen atoms in total. The monoisotopic (exact) mass is 201 g/mol. The van der Waals surface area contributed by atoms with E-state index in [0.717, 1.165) is 25.8 Å². The van der Waals surface area contributed by atoms with Gasteiger partial charge in [0.2, 0.25) is 0 Å². The molecule has 0 saturated heterocycles. The van der Waals surface area contributed by atoms with Crippen molar-refractivity contribution in [2.75, 3.05) is 19.7 Å². The molecule has 0 amide bonds. The predicted molar refractivity (Wildman–Crippen MR) is 53.0 cm³/mol. The Morgan fingerprint density at radius 1 is 1.57 bits per heavy atom. The first-order chi connectivity index (χ1) is 6.59. The van der Waals surface area contributed by atoms with Crippen molar-refractivity contribution in [2.45, 2.75) is 26.2 Å². The molecule has 1 unspecified atom stereocenters. The third-order valence-electron chi connectivity index (χ3n) is 2.97. The van der Waals surface area contributed by atoms with Gasteiger partial charge in [0.25, 0.3) is 0 Å². The van der Waals surface area contributed by atoms with Crippen molar-refractivity contribution in [2.24, 2.45) is 11.3 Å². The lowest BCUT2D eigenvalue weighted by molar-refractivity contribution is -0.140. The topological polar surface area (TPSA) is 69.6 Å². The zero-order chi connectivity index (χ0) is 10.6. The number of nitrogens with one attached hydrogen (secondary N) is 1. The van der Waals surface area contributed by atoms with Gasteiger partial charge in [-0.05, 0) is 24.7 Å². The second kappa shape index (κ2) is 4.75. The summed E-state index contributed by atoms with van der Waals surface area (Å²) in [6, 6.07) is 0. The molecule has 4 heteroatoms. The summed E-state index contributed by atoms with van der Waals surface area (Å²) in [5, 5.41) is 20.6. The fourth-order valence-electron chi connectivity index (χ4n) is 1.57. The van der Waals surface area contributed by atoms with E-state index in [9.17, 15) is 4.79 Å². The summed E-state index contributed by atoms with van der Waals surface area (Å²) in [5.74, 6) is -1.09. The Balaban J connectivity index is 2.12. The highest BCUT2D eigenvalue weighted by atomic mass is 16.4. The molecule has 0 bridgehead atoms. The zero-order valence-corrected chi connectivity index (χ0v) is 8.62. The summed E-state index contributed by atoms with van der Waals surface area (Å²) in [7, 11) is 0. The molecule has 0 radical (unpaired) electrons. The Labute approximate surface area is 84.3 Å². The lowest BCUT2D eigenvalue weighted by atomic mass is 10.0. The van der Waals surface area contributed by atoms with Crippen molar-refractivity contribution in [3.8, 4) is 0 Å². The lowest BCUT2D eigenvalue weighted by Gasteiger charge is -2.15. The molecule has 0 aromatic heterocycles. The van der Waals surface area contributed by atoms with Gasteiger partial charge >= 0.3 is 5.97 Å². The van der Waals surface area contributed by atoms with Crippen LogP contribution in [0.1, 0.15) is 26.2 Å². The van der Waals surface area contributed by atoms with E-state index >= 15 is 0 Å². The van der Waals surface area contributed by atoms with Crippen molar-refractivity contribution in [1.29, 1.82) is 0 Å². The van der Waals surface area contributed by atoms with Crippen LogP contribution < -0.4 is 5.32 Å². The number of hydrogen-bond acceptors (Lipinski definition) is 3. The number of rotatable bonds is 7. The van der Waals surface area contributed by atoms with E-state index in [1.807, 2.05) is 0 Å². The Morgan fingerprint density at radius 3 is 2.64 bits per heavy atom. The van der Waals surface area contributed by atoms with E-state index in [-0.39, 0.29) is 17.9 Å². The van der Waals surface area contributed by atoms with Crippen LogP contribution in [0.25, 0.3) is 0 Å². The predicted octanol–water partition coefficient (Wildman–Crippen LogP) is 0.459. The van der Waals surface area contributed by atoms with E-state index in [2.05, 4.69) is 5.32 Å². The van der Waals surface area contributed by atoms with Crippen LogP contribution in [0.2, 0.25) is 0 Å². The number of aliphatic hydroxyl groups is 1. The van der Waals surface area contributed by atoms with Crippen LogP contribution in [0, 0.1) is 11.3 Å². The van der Waals surface area contributed by atoms with Gasteiger partial charge < -0.3 is 15.5 Å². The molecule has 0 aliphatic heterocycles. The first-order valence-electron chi connectivity index (χ1n) is 5.14. The Morgan fingerprint density at radius 2 is 2.21 bits per heavy atom. The van der Waals surface area contributed by atoms with Crippen molar-refractivity contribution < 1.29 is 15.0 Å². The molecule has 1 aliphatic carbocycles. The number of hydrogen-bond donors (Lipinski definition) is 3. The highest BCUT2D eigenvalue weighted by Crippen LogP contribution is 2.47. The molecular weight excluding hydrogens is 182 g/mol. The molecule has 82 valence electrons. The Kier molecular flexibility index (Phi) is 3.89. The van der Waals surface area contributed by atoms with Gasteiger partial charge in [0.15, 0.2) is 0 Å². The third kappa shape index (κ3) is 3.27. The van der Waals surface area contributed by atoms with Crippen molar-refractivity contribution >= 4 is 5.97 Å². The maximum atomic E-state index is 10.5. The normalized spacial score (nSPS) is 20.4. The van der Waals surface area contributed by atoms with Gasteiger partial charge in [-0.15, -0.1) is 0 Å². The second-order valence-corrected chi connectivity index (χ2v) is 4.34. The highest BCUT2D eigenvalue weighted by molar-refractivity contribution is 5.69. The van der Waals surface area contributed by atoms with Gasteiger partial charge in [0.05, 0.1) is 5.92 Å². The van der Waals surface area contributed by atoms with Crippen molar-refractivity contribution in [1.82, 2.24) is 5.32 Å². The van der Waals surface area contributed by atoms with Gasteiger partial charge in [-0.2, -0.15) is 0 Å². The molecule has 1 aliphatic rings. The molecule has 1 fully saturated rings. The molecule has 3 N–H and O–H groups in total. The first kappa shape index (κ1) is 11.5. The van der Waals surface area contributed by atoms with Gasteiger partial charge in [-0.1, -0.05) is 6.92 Å². The number of aliphatic hydroxyl groups excluding tert-OH is 1. The molecule has 1 saturated carbocycles. The quantitative estimate of drug-likeness (QED) is 0.559. The molecule has 1 atom stereocenters. The average Bonchev–Trinajstić information content (AvgIpc) is 2.85. The van der Waals surface area contributed by atoms with Crippen LogP contribution in [0.5, 0.6) is 0 Å². The number of aliphatic carboxylic acids is 1. The van der Waals surface area contributed by atoms with Crippen molar-refractivity contribution in [3.63, 3.8) is 0 Å². The molecule has 14 heavy (non-hydrogen) atoms. The molecular formula is C10H19NO3. The largest absolute Gasteiger partial charge is 0.481 e. The molecule has 0 aromatic carbocycles. The van der Waals surface area contributed by atoms with Gasteiger partial charge in [-0.25, -0.2) is 0 Å². The number of carbonyl (C=O) groups is 1. The third-order valence-corrected chi connectivity index (χ3v) is 2.97. The van der Waals surface area contributed by atoms with Crippen LogP contribution in [0.15, 0.2) is 0 Å². The van der Waals surface area contributed by atoms with Gasteiger partial charge in [-0.3, -0.25) is 4.79 Å². The lowest BCUT2D eigenvalue weighted by Crippen LogP contribution is -2.31. The minimum absolute atomic E-state index is 0.232. The van der Waals surface area contributed by atoms with Gasteiger partial charge in [0, 0.05) is 19.7 Å². The van der Waals surface area contributed by atoms with Crippen LogP contribution >= 0.6 is 0 Å². The Bertz CT molecular complexity index is 202. The molecule has 0 spiro atoms. The standard InChI is InChI=1S/C10H19NO3/c1-8(9(13)14)6-11-7-10(2-3-10)4-5-12/h8,11-12H,2-7H2,1H3,(H,13,14). The highest BCUT2D eigenvalue weighted by Gasteiger charge is 2.41. The van der Waals surface area contributed by atoms with Crippen LogP contribution in [-0.4, -0.2) is 35.9 Å². The Hall–Kier alpha value is -0.610. The fraction of sp³-hybridized carbons (Fsp3) is 0.900. The minimum Gasteiger partial charge on any atom is -0.481 e. The second-order valence-electron chi connectivity index (χ2n) is 4.34. The number of carboxylic acids is 1. The summed E-state index contributed by atoms with van der Waals surface area (Å²) >= 11 is 0. The first-order valence-corrected chi connectivity index (χ1v) is 5.14. The zero-order valence-electron chi connectivity index (χ0n) is 8.62. The number of carboxylic acid groups (broad SMARTS) is 1. The summed E-state index contributed by atoms with van der Waals surface area (Å²) < 4.78 is 0.